The topological polar surface area (TPSA) is 32.7 Å². The normalized spacial score (nSPS) is 26.1. The molecule has 0 bridgehead atoms. The SMILES string of the molecule is CC1CN(CC(C)C(O)c2ccccc2)CC(C)(C)O1. The molecule has 2 rings (SSSR count). The highest BCUT2D eigenvalue weighted by atomic mass is 16.5. The summed E-state index contributed by atoms with van der Waals surface area (Å²) in [5, 5.41) is 10.5. The monoisotopic (exact) mass is 277 g/mol. The molecule has 1 heterocycles. The molecule has 20 heavy (non-hydrogen) atoms. The Hall–Kier alpha value is -0.900. The summed E-state index contributed by atoms with van der Waals surface area (Å²) in [5.74, 6) is 0.207. The molecular formula is C17H27NO2. The van der Waals surface area contributed by atoms with Crippen LogP contribution in [0.4, 0.5) is 0 Å². The highest BCUT2D eigenvalue weighted by Crippen LogP contribution is 2.26. The van der Waals surface area contributed by atoms with Crippen LogP contribution in [0.3, 0.4) is 0 Å². The third kappa shape index (κ3) is 4.05. The maximum Gasteiger partial charge on any atom is 0.0827 e. The molecule has 1 aliphatic heterocycles. The molecule has 0 saturated carbocycles. The van der Waals surface area contributed by atoms with E-state index in [-0.39, 0.29) is 17.6 Å². The molecule has 112 valence electrons. The van der Waals surface area contributed by atoms with Crippen molar-refractivity contribution in [1.29, 1.82) is 0 Å². The van der Waals surface area contributed by atoms with Crippen molar-refractivity contribution in [2.24, 2.45) is 5.92 Å². The number of ether oxygens (including phenoxy) is 1. The maximum absolute atomic E-state index is 10.5. The quantitative estimate of drug-likeness (QED) is 0.918. The summed E-state index contributed by atoms with van der Waals surface area (Å²) in [5.41, 5.74) is 0.898. The van der Waals surface area contributed by atoms with E-state index in [2.05, 4.69) is 32.6 Å². The molecule has 1 N–H and O–H groups in total. The van der Waals surface area contributed by atoms with Crippen LogP contribution >= 0.6 is 0 Å². The van der Waals surface area contributed by atoms with E-state index in [9.17, 15) is 5.11 Å². The number of nitrogens with zero attached hydrogens (tertiary/aromatic N) is 1. The number of rotatable bonds is 4. The zero-order valence-electron chi connectivity index (χ0n) is 13.0. The third-order valence-corrected chi connectivity index (χ3v) is 3.87. The van der Waals surface area contributed by atoms with Crippen LogP contribution in [0, 0.1) is 5.92 Å². The van der Waals surface area contributed by atoms with Crippen molar-refractivity contribution < 1.29 is 9.84 Å². The first kappa shape index (κ1) is 15.5. The second kappa shape index (κ2) is 6.25. The molecule has 3 atom stereocenters. The van der Waals surface area contributed by atoms with Gasteiger partial charge in [-0.1, -0.05) is 37.3 Å². The molecule has 1 aromatic rings. The minimum Gasteiger partial charge on any atom is -0.388 e. The van der Waals surface area contributed by atoms with Gasteiger partial charge in [0.2, 0.25) is 0 Å². The smallest absolute Gasteiger partial charge is 0.0827 e. The van der Waals surface area contributed by atoms with Crippen molar-refractivity contribution in [3.63, 3.8) is 0 Å². The van der Waals surface area contributed by atoms with E-state index >= 15 is 0 Å². The second-order valence-electron chi connectivity index (χ2n) is 6.72. The van der Waals surface area contributed by atoms with Gasteiger partial charge in [0.15, 0.2) is 0 Å². The predicted molar refractivity (Wildman–Crippen MR) is 81.6 cm³/mol. The van der Waals surface area contributed by atoms with Crippen LogP contribution < -0.4 is 0 Å². The van der Waals surface area contributed by atoms with Gasteiger partial charge in [0, 0.05) is 19.6 Å². The van der Waals surface area contributed by atoms with Crippen LogP contribution in [0.5, 0.6) is 0 Å². The second-order valence-corrected chi connectivity index (χ2v) is 6.72. The van der Waals surface area contributed by atoms with E-state index in [1.54, 1.807) is 0 Å². The lowest BCUT2D eigenvalue weighted by Gasteiger charge is -2.43. The summed E-state index contributed by atoms with van der Waals surface area (Å²) in [6.07, 6.45) is -0.155. The van der Waals surface area contributed by atoms with Gasteiger partial charge >= 0.3 is 0 Å². The zero-order valence-corrected chi connectivity index (χ0v) is 13.0. The summed E-state index contributed by atoms with van der Waals surface area (Å²) >= 11 is 0. The van der Waals surface area contributed by atoms with Gasteiger partial charge in [0.25, 0.3) is 0 Å². The standard InChI is InChI=1S/C17H27NO2/c1-13(16(19)15-8-6-5-7-9-15)10-18-11-14(2)20-17(3,4)12-18/h5-9,13-14,16,19H,10-12H2,1-4H3. The average molecular weight is 277 g/mol. The van der Waals surface area contributed by atoms with Crippen molar-refractivity contribution in [2.75, 3.05) is 19.6 Å². The molecule has 3 unspecified atom stereocenters. The molecule has 0 aliphatic carbocycles. The van der Waals surface area contributed by atoms with E-state index < -0.39 is 6.10 Å². The lowest BCUT2D eigenvalue weighted by atomic mass is 9.95. The van der Waals surface area contributed by atoms with Crippen LogP contribution in [-0.4, -0.2) is 41.3 Å². The Morgan fingerprint density at radius 2 is 2.00 bits per heavy atom. The Bertz CT molecular complexity index is 418. The van der Waals surface area contributed by atoms with Crippen molar-refractivity contribution >= 4 is 0 Å². The van der Waals surface area contributed by atoms with Crippen LogP contribution in [0.1, 0.15) is 39.4 Å². The van der Waals surface area contributed by atoms with Crippen LogP contribution in [0.15, 0.2) is 30.3 Å². The number of benzene rings is 1. The minimum absolute atomic E-state index is 0.102. The molecule has 0 amide bonds. The van der Waals surface area contributed by atoms with Crippen LogP contribution in [0.2, 0.25) is 0 Å². The molecule has 1 aliphatic rings. The number of hydrogen-bond acceptors (Lipinski definition) is 3. The molecule has 0 spiro atoms. The molecule has 0 radical (unpaired) electrons. The van der Waals surface area contributed by atoms with Crippen molar-refractivity contribution in [2.45, 2.75) is 45.5 Å². The maximum atomic E-state index is 10.5. The minimum atomic E-state index is -0.405. The molecular weight excluding hydrogens is 250 g/mol. The lowest BCUT2D eigenvalue weighted by molar-refractivity contribution is -0.133. The largest absolute Gasteiger partial charge is 0.388 e. The van der Waals surface area contributed by atoms with Gasteiger partial charge in [-0.2, -0.15) is 0 Å². The first-order chi connectivity index (χ1) is 9.37. The summed E-state index contributed by atoms with van der Waals surface area (Å²) in [7, 11) is 0. The van der Waals surface area contributed by atoms with E-state index in [0.717, 1.165) is 25.2 Å². The summed E-state index contributed by atoms with van der Waals surface area (Å²) < 4.78 is 5.93. The van der Waals surface area contributed by atoms with Gasteiger partial charge in [-0.25, -0.2) is 0 Å². The first-order valence-electron chi connectivity index (χ1n) is 7.50. The fraction of sp³-hybridized carbons (Fsp3) is 0.647. The van der Waals surface area contributed by atoms with Crippen molar-refractivity contribution in [3.8, 4) is 0 Å². The summed E-state index contributed by atoms with van der Waals surface area (Å²) in [4.78, 5) is 2.41. The fourth-order valence-corrected chi connectivity index (χ4v) is 3.21. The molecule has 1 aromatic carbocycles. The number of aliphatic hydroxyl groups excluding tert-OH is 1. The number of hydrogen-bond donors (Lipinski definition) is 1. The first-order valence-corrected chi connectivity index (χ1v) is 7.50. The predicted octanol–water partition coefficient (Wildman–Crippen LogP) is 2.86. The Labute approximate surface area is 122 Å². The van der Waals surface area contributed by atoms with Gasteiger partial charge in [-0.05, 0) is 32.3 Å². The van der Waals surface area contributed by atoms with E-state index in [1.807, 2.05) is 30.3 Å². The van der Waals surface area contributed by atoms with Crippen LogP contribution in [0.25, 0.3) is 0 Å². The Morgan fingerprint density at radius 3 is 2.60 bits per heavy atom. The molecule has 3 nitrogen and oxygen atoms in total. The van der Waals surface area contributed by atoms with Gasteiger partial charge in [-0.3, -0.25) is 4.90 Å². The molecule has 3 heteroatoms. The highest BCUT2D eigenvalue weighted by molar-refractivity contribution is 5.17. The van der Waals surface area contributed by atoms with Gasteiger partial charge in [-0.15, -0.1) is 0 Å². The Morgan fingerprint density at radius 1 is 1.35 bits per heavy atom. The number of aliphatic hydroxyl groups is 1. The molecule has 1 saturated heterocycles. The number of morpholine rings is 1. The van der Waals surface area contributed by atoms with E-state index in [4.69, 9.17) is 4.74 Å². The molecule has 1 fully saturated rings. The highest BCUT2D eigenvalue weighted by Gasteiger charge is 2.32. The lowest BCUT2D eigenvalue weighted by Crippen LogP contribution is -2.53. The summed E-state index contributed by atoms with van der Waals surface area (Å²) in [6, 6.07) is 9.92. The van der Waals surface area contributed by atoms with E-state index in [1.165, 1.54) is 0 Å². The van der Waals surface area contributed by atoms with Crippen molar-refractivity contribution in [3.05, 3.63) is 35.9 Å². The third-order valence-electron chi connectivity index (χ3n) is 3.87. The zero-order chi connectivity index (χ0) is 14.8. The molecule has 0 aromatic heterocycles. The van der Waals surface area contributed by atoms with E-state index in [0.29, 0.717) is 0 Å². The Kier molecular flexibility index (Phi) is 4.84. The fourth-order valence-electron chi connectivity index (χ4n) is 3.21. The van der Waals surface area contributed by atoms with Crippen LogP contribution in [-0.2, 0) is 4.74 Å². The average Bonchev–Trinajstić information content (AvgIpc) is 2.36. The van der Waals surface area contributed by atoms with Gasteiger partial charge < -0.3 is 9.84 Å². The van der Waals surface area contributed by atoms with Gasteiger partial charge in [0.05, 0.1) is 17.8 Å². The van der Waals surface area contributed by atoms with Crippen molar-refractivity contribution in [1.82, 2.24) is 4.90 Å². The Balaban J connectivity index is 1.95. The van der Waals surface area contributed by atoms with Gasteiger partial charge in [0.1, 0.15) is 0 Å². The summed E-state index contributed by atoms with van der Waals surface area (Å²) in [6.45, 7) is 11.3.